The smallest absolute Gasteiger partial charge is 0.124 e. The largest absolute Gasteiger partial charge is 0.494 e. The molecule has 2 aromatic rings. The van der Waals surface area contributed by atoms with Gasteiger partial charge in [-0.05, 0) is 46.2 Å². The zero-order valence-electron chi connectivity index (χ0n) is 14.3. The third kappa shape index (κ3) is 4.10. The topological polar surface area (TPSA) is 39.1 Å². The summed E-state index contributed by atoms with van der Waals surface area (Å²) in [6.45, 7) is 12.0. The Morgan fingerprint density at radius 1 is 1.27 bits per heavy atom. The van der Waals surface area contributed by atoms with E-state index < -0.39 is 0 Å². The van der Waals surface area contributed by atoms with Crippen molar-refractivity contribution in [2.45, 2.75) is 53.2 Å². The van der Waals surface area contributed by atoms with Crippen LogP contribution in [0.1, 0.15) is 56.5 Å². The van der Waals surface area contributed by atoms with Gasteiger partial charge >= 0.3 is 0 Å². The van der Waals surface area contributed by atoms with Crippen molar-refractivity contribution in [1.82, 2.24) is 15.1 Å². The number of aryl methyl sites for hydroxylation is 1. The third-order valence-electron chi connectivity index (χ3n) is 3.77. The van der Waals surface area contributed by atoms with E-state index in [4.69, 9.17) is 4.74 Å². The van der Waals surface area contributed by atoms with Crippen molar-refractivity contribution in [2.75, 3.05) is 6.61 Å². The second-order valence-electron chi connectivity index (χ2n) is 5.99. The Bertz CT molecular complexity index is 604. The lowest BCUT2D eigenvalue weighted by Crippen LogP contribution is -2.18. The summed E-state index contributed by atoms with van der Waals surface area (Å²) in [5.41, 5.74) is 3.62. The quantitative estimate of drug-likeness (QED) is 0.839. The summed E-state index contributed by atoms with van der Waals surface area (Å²) in [7, 11) is 0. The van der Waals surface area contributed by atoms with E-state index in [1.807, 2.05) is 17.8 Å². The van der Waals surface area contributed by atoms with E-state index in [1.165, 1.54) is 16.7 Å². The summed E-state index contributed by atoms with van der Waals surface area (Å²) in [6.07, 6.45) is 4.05. The van der Waals surface area contributed by atoms with E-state index in [9.17, 15) is 0 Å². The Morgan fingerprint density at radius 2 is 2.05 bits per heavy atom. The molecule has 0 amide bonds. The average Bonchev–Trinajstić information content (AvgIpc) is 2.96. The maximum absolute atomic E-state index is 5.73. The highest BCUT2D eigenvalue weighted by molar-refractivity contribution is 5.37. The van der Waals surface area contributed by atoms with Crippen molar-refractivity contribution in [3.63, 3.8) is 0 Å². The summed E-state index contributed by atoms with van der Waals surface area (Å²) in [5.74, 6) is 0.972. The van der Waals surface area contributed by atoms with Gasteiger partial charge in [-0.15, -0.1) is 0 Å². The standard InChI is InChI=1S/C18H27N3O/c1-6-22-18-9-14(4)7-8-16(18)10-19-15(5)17-11-20-21(12-17)13(2)3/h7-9,11-13,15,19H,6,10H2,1-5H3. The van der Waals surface area contributed by atoms with E-state index in [1.54, 1.807) is 0 Å². The van der Waals surface area contributed by atoms with E-state index in [-0.39, 0.29) is 6.04 Å². The van der Waals surface area contributed by atoms with Gasteiger partial charge in [-0.2, -0.15) is 5.10 Å². The highest BCUT2D eigenvalue weighted by Gasteiger charge is 2.11. The minimum atomic E-state index is 0.253. The molecule has 0 aliphatic rings. The maximum Gasteiger partial charge on any atom is 0.124 e. The van der Waals surface area contributed by atoms with Crippen molar-refractivity contribution >= 4 is 0 Å². The van der Waals surface area contributed by atoms with Crippen LogP contribution in [0.25, 0.3) is 0 Å². The van der Waals surface area contributed by atoms with Gasteiger partial charge in [0.25, 0.3) is 0 Å². The molecular formula is C18H27N3O. The zero-order chi connectivity index (χ0) is 16.1. The van der Waals surface area contributed by atoms with Gasteiger partial charge in [-0.1, -0.05) is 12.1 Å². The SMILES string of the molecule is CCOc1cc(C)ccc1CNC(C)c1cnn(C(C)C)c1. The summed E-state index contributed by atoms with van der Waals surface area (Å²) in [4.78, 5) is 0. The van der Waals surface area contributed by atoms with Gasteiger partial charge in [-0.25, -0.2) is 0 Å². The first-order valence-electron chi connectivity index (χ1n) is 8.01. The number of nitrogens with zero attached hydrogens (tertiary/aromatic N) is 2. The fourth-order valence-corrected chi connectivity index (χ4v) is 2.34. The molecule has 0 saturated heterocycles. The Kier molecular flexibility index (Phi) is 5.61. The lowest BCUT2D eigenvalue weighted by atomic mass is 10.1. The predicted molar refractivity (Wildman–Crippen MR) is 90.2 cm³/mol. The Balaban J connectivity index is 2.02. The van der Waals surface area contributed by atoms with Gasteiger partial charge in [0, 0.05) is 36.0 Å². The number of aromatic nitrogens is 2. The molecule has 1 heterocycles. The first-order valence-corrected chi connectivity index (χ1v) is 8.01. The predicted octanol–water partition coefficient (Wildman–Crippen LogP) is 4.02. The monoisotopic (exact) mass is 301 g/mol. The summed E-state index contributed by atoms with van der Waals surface area (Å²) >= 11 is 0. The van der Waals surface area contributed by atoms with E-state index >= 15 is 0 Å². The normalized spacial score (nSPS) is 12.6. The van der Waals surface area contributed by atoms with E-state index in [2.05, 4.69) is 62.5 Å². The molecule has 0 aliphatic carbocycles. The van der Waals surface area contributed by atoms with Crippen LogP contribution in [0.2, 0.25) is 0 Å². The molecule has 1 unspecified atom stereocenters. The molecule has 22 heavy (non-hydrogen) atoms. The van der Waals surface area contributed by atoms with Crippen LogP contribution in [-0.2, 0) is 6.54 Å². The van der Waals surface area contributed by atoms with Gasteiger partial charge < -0.3 is 10.1 Å². The molecule has 0 fully saturated rings. The van der Waals surface area contributed by atoms with Crippen molar-refractivity contribution in [3.8, 4) is 5.75 Å². The molecule has 1 N–H and O–H groups in total. The minimum absolute atomic E-state index is 0.253. The molecule has 120 valence electrons. The summed E-state index contributed by atoms with van der Waals surface area (Å²) in [6, 6.07) is 7.01. The highest BCUT2D eigenvalue weighted by atomic mass is 16.5. The molecule has 0 bridgehead atoms. The second kappa shape index (κ2) is 7.45. The third-order valence-corrected chi connectivity index (χ3v) is 3.77. The lowest BCUT2D eigenvalue weighted by Gasteiger charge is -2.15. The van der Waals surface area contributed by atoms with Crippen LogP contribution < -0.4 is 10.1 Å². The van der Waals surface area contributed by atoms with Crippen LogP contribution in [0.4, 0.5) is 0 Å². The number of hydrogen-bond donors (Lipinski definition) is 1. The fraction of sp³-hybridized carbons (Fsp3) is 0.500. The number of nitrogens with one attached hydrogen (secondary N) is 1. The highest BCUT2D eigenvalue weighted by Crippen LogP contribution is 2.22. The maximum atomic E-state index is 5.73. The molecule has 4 nitrogen and oxygen atoms in total. The minimum Gasteiger partial charge on any atom is -0.494 e. The average molecular weight is 301 g/mol. The first-order chi connectivity index (χ1) is 10.5. The van der Waals surface area contributed by atoms with Gasteiger partial charge in [0.1, 0.15) is 5.75 Å². The van der Waals surface area contributed by atoms with Crippen molar-refractivity contribution < 1.29 is 4.74 Å². The van der Waals surface area contributed by atoms with E-state index in [0.29, 0.717) is 12.6 Å². The molecule has 1 atom stereocenters. The van der Waals surface area contributed by atoms with E-state index in [0.717, 1.165) is 12.3 Å². The molecule has 0 spiro atoms. The Hall–Kier alpha value is -1.81. The zero-order valence-corrected chi connectivity index (χ0v) is 14.3. The number of hydrogen-bond acceptors (Lipinski definition) is 3. The van der Waals surface area contributed by atoms with Crippen molar-refractivity contribution in [2.24, 2.45) is 0 Å². The molecule has 1 aromatic heterocycles. The van der Waals surface area contributed by atoms with Gasteiger partial charge in [0.15, 0.2) is 0 Å². The van der Waals surface area contributed by atoms with Crippen LogP contribution >= 0.6 is 0 Å². The molecule has 4 heteroatoms. The van der Waals surface area contributed by atoms with Gasteiger partial charge in [-0.3, -0.25) is 4.68 Å². The molecular weight excluding hydrogens is 274 g/mol. The Morgan fingerprint density at radius 3 is 2.68 bits per heavy atom. The number of rotatable bonds is 7. The van der Waals surface area contributed by atoms with Crippen LogP contribution in [0.3, 0.4) is 0 Å². The summed E-state index contributed by atoms with van der Waals surface area (Å²) < 4.78 is 7.73. The van der Waals surface area contributed by atoms with Crippen LogP contribution in [0, 0.1) is 6.92 Å². The summed E-state index contributed by atoms with van der Waals surface area (Å²) in [5, 5.41) is 7.95. The van der Waals surface area contributed by atoms with Gasteiger partial charge in [0.05, 0.1) is 12.8 Å². The fourth-order valence-electron chi connectivity index (χ4n) is 2.34. The van der Waals surface area contributed by atoms with Gasteiger partial charge in [0.2, 0.25) is 0 Å². The molecule has 1 aromatic carbocycles. The molecule has 0 aliphatic heterocycles. The van der Waals surface area contributed by atoms with Crippen LogP contribution in [-0.4, -0.2) is 16.4 Å². The lowest BCUT2D eigenvalue weighted by molar-refractivity contribution is 0.334. The Labute approximate surface area is 133 Å². The second-order valence-corrected chi connectivity index (χ2v) is 5.99. The van der Waals surface area contributed by atoms with Crippen molar-refractivity contribution in [3.05, 3.63) is 47.3 Å². The molecule has 0 saturated carbocycles. The molecule has 2 rings (SSSR count). The number of ether oxygens (including phenoxy) is 1. The van der Waals surface area contributed by atoms with Crippen LogP contribution in [0.15, 0.2) is 30.6 Å². The van der Waals surface area contributed by atoms with Crippen LogP contribution in [0.5, 0.6) is 5.75 Å². The van der Waals surface area contributed by atoms with Crippen molar-refractivity contribution in [1.29, 1.82) is 0 Å². The number of benzene rings is 1. The first kappa shape index (κ1) is 16.6. The molecule has 0 radical (unpaired) electrons.